The lowest BCUT2D eigenvalue weighted by Crippen LogP contribution is -2.16. The topological polar surface area (TPSA) is 13.1 Å². The van der Waals surface area contributed by atoms with Crippen LogP contribution in [0.15, 0.2) is 224 Å². The average molecular weight is 818 g/mol. The molecule has 12 aromatic rings. The molecule has 0 atom stereocenters. The first kappa shape index (κ1) is 36.5. The Bertz CT molecular complexity index is 3800. The summed E-state index contributed by atoms with van der Waals surface area (Å²) in [4.78, 5) is 2.44. The molecule has 3 heteroatoms. The van der Waals surface area contributed by atoms with Crippen LogP contribution in [0.25, 0.3) is 88.0 Å². The van der Waals surface area contributed by atoms with E-state index in [-0.39, 0.29) is 5.41 Å². The Morgan fingerprint density at radius 1 is 0.328 bits per heavy atom. The monoisotopic (exact) mass is 817 g/mol. The Morgan fingerprint density at radius 3 is 1.58 bits per heavy atom. The third kappa shape index (κ3) is 5.34. The van der Waals surface area contributed by atoms with Crippen molar-refractivity contribution in [1.29, 1.82) is 0 Å². The van der Waals surface area contributed by atoms with Crippen LogP contribution in [0, 0.1) is 0 Å². The minimum absolute atomic E-state index is 0.109. The molecule has 1 aliphatic carbocycles. The van der Waals surface area contributed by atoms with Gasteiger partial charge < -0.3 is 14.0 Å². The molecule has 64 heavy (non-hydrogen) atoms. The summed E-state index contributed by atoms with van der Waals surface area (Å²) in [5, 5.41) is 7.36. The fraction of sp³-hybridized carbons (Fsp3) is 0.0492. The van der Waals surface area contributed by atoms with Gasteiger partial charge in [-0.3, -0.25) is 0 Å². The van der Waals surface area contributed by atoms with Crippen LogP contribution in [-0.4, -0.2) is 9.13 Å². The van der Waals surface area contributed by atoms with E-state index in [1.807, 2.05) is 0 Å². The molecule has 0 saturated heterocycles. The largest absolute Gasteiger partial charge is 0.310 e. The molecule has 2 heterocycles. The van der Waals surface area contributed by atoms with Crippen molar-refractivity contribution in [1.82, 2.24) is 9.13 Å². The van der Waals surface area contributed by atoms with Crippen LogP contribution >= 0.6 is 0 Å². The summed E-state index contributed by atoms with van der Waals surface area (Å²) >= 11 is 0. The highest BCUT2D eigenvalue weighted by Crippen LogP contribution is 2.51. The molecule has 10 aromatic carbocycles. The van der Waals surface area contributed by atoms with E-state index in [0.717, 1.165) is 28.4 Å². The van der Waals surface area contributed by atoms with Crippen LogP contribution in [0.1, 0.15) is 25.0 Å². The van der Waals surface area contributed by atoms with E-state index in [2.05, 4.69) is 252 Å². The predicted molar refractivity (Wildman–Crippen MR) is 270 cm³/mol. The quantitative estimate of drug-likeness (QED) is 0.163. The summed E-state index contributed by atoms with van der Waals surface area (Å²) in [5.41, 5.74) is 18.2. The number of hydrogen-bond donors (Lipinski definition) is 0. The van der Waals surface area contributed by atoms with E-state index in [1.54, 1.807) is 0 Å². The molecular weight excluding hydrogens is 775 g/mol. The average Bonchev–Trinajstić information content (AvgIpc) is 3.93. The van der Waals surface area contributed by atoms with Crippen LogP contribution in [-0.2, 0) is 5.41 Å². The van der Waals surface area contributed by atoms with E-state index >= 15 is 0 Å². The van der Waals surface area contributed by atoms with Gasteiger partial charge in [0.15, 0.2) is 0 Å². The maximum Gasteiger partial charge on any atom is 0.0548 e. The van der Waals surface area contributed by atoms with Crippen LogP contribution in [0.4, 0.5) is 17.1 Å². The summed E-state index contributed by atoms with van der Waals surface area (Å²) in [6.45, 7) is 4.72. The molecule has 0 N–H and O–H groups in total. The minimum Gasteiger partial charge on any atom is -0.310 e. The summed E-state index contributed by atoms with van der Waals surface area (Å²) in [6, 6.07) is 82.6. The van der Waals surface area contributed by atoms with Crippen molar-refractivity contribution < 1.29 is 0 Å². The minimum atomic E-state index is -0.109. The lowest BCUT2D eigenvalue weighted by molar-refractivity contribution is 0.660. The Kier molecular flexibility index (Phi) is 7.95. The summed E-state index contributed by atoms with van der Waals surface area (Å²) in [5.74, 6) is 0. The highest BCUT2D eigenvalue weighted by molar-refractivity contribution is 6.20. The van der Waals surface area contributed by atoms with Gasteiger partial charge in [-0.05, 0) is 124 Å². The third-order valence-electron chi connectivity index (χ3n) is 13.9. The molecule has 302 valence electrons. The Hall–Kier alpha value is -8.14. The molecule has 0 saturated carbocycles. The van der Waals surface area contributed by atoms with Gasteiger partial charge in [-0.1, -0.05) is 153 Å². The van der Waals surface area contributed by atoms with Gasteiger partial charge in [0.25, 0.3) is 0 Å². The van der Waals surface area contributed by atoms with E-state index in [9.17, 15) is 0 Å². The van der Waals surface area contributed by atoms with Crippen molar-refractivity contribution in [2.24, 2.45) is 0 Å². The fourth-order valence-electron chi connectivity index (χ4n) is 10.9. The molecule has 0 radical (unpaired) electrons. The Morgan fingerprint density at radius 2 is 0.859 bits per heavy atom. The van der Waals surface area contributed by atoms with Gasteiger partial charge in [0.2, 0.25) is 0 Å². The number of hydrogen-bond acceptors (Lipinski definition) is 1. The van der Waals surface area contributed by atoms with Crippen molar-refractivity contribution in [3.63, 3.8) is 0 Å². The van der Waals surface area contributed by atoms with Crippen molar-refractivity contribution in [3.05, 3.63) is 236 Å². The molecule has 1 aliphatic rings. The van der Waals surface area contributed by atoms with Gasteiger partial charge in [-0.15, -0.1) is 0 Å². The van der Waals surface area contributed by atoms with Crippen LogP contribution in [0.2, 0.25) is 0 Å². The maximum atomic E-state index is 2.44. The lowest BCUT2D eigenvalue weighted by atomic mass is 9.82. The third-order valence-corrected chi connectivity index (χ3v) is 13.9. The van der Waals surface area contributed by atoms with Gasteiger partial charge in [-0.2, -0.15) is 0 Å². The summed E-state index contributed by atoms with van der Waals surface area (Å²) in [6.07, 6.45) is 0. The first-order valence-corrected chi connectivity index (χ1v) is 22.3. The highest BCUT2D eigenvalue weighted by Gasteiger charge is 2.36. The lowest BCUT2D eigenvalue weighted by Gasteiger charge is -2.29. The van der Waals surface area contributed by atoms with Crippen molar-refractivity contribution >= 4 is 71.4 Å². The SMILES string of the molecule is CC1(C)c2ccccc2-c2ccc(N(c3ccccc3)c3ccc(-c4ccc5c(c4)c4cc6c(cc4n5-c4ccccc4)c4ccccc4n6-c4ccccc4)c4ccccc34)cc21. The second kappa shape index (κ2) is 13.9. The van der Waals surface area contributed by atoms with Crippen LogP contribution < -0.4 is 4.90 Å². The van der Waals surface area contributed by atoms with E-state index in [0.29, 0.717) is 0 Å². The zero-order valence-corrected chi connectivity index (χ0v) is 35.7. The number of rotatable bonds is 6. The van der Waals surface area contributed by atoms with Crippen LogP contribution in [0.5, 0.6) is 0 Å². The smallest absolute Gasteiger partial charge is 0.0548 e. The van der Waals surface area contributed by atoms with Gasteiger partial charge in [0.1, 0.15) is 0 Å². The fourth-order valence-corrected chi connectivity index (χ4v) is 10.9. The Balaban J connectivity index is 1.03. The molecule has 2 aromatic heterocycles. The summed E-state index contributed by atoms with van der Waals surface area (Å²) in [7, 11) is 0. The zero-order chi connectivity index (χ0) is 42.5. The second-order valence-corrected chi connectivity index (χ2v) is 17.7. The number of nitrogens with zero attached hydrogens (tertiary/aromatic N) is 3. The molecule has 0 spiro atoms. The van der Waals surface area contributed by atoms with Crippen molar-refractivity contribution in [2.75, 3.05) is 4.90 Å². The second-order valence-electron chi connectivity index (χ2n) is 17.7. The first-order chi connectivity index (χ1) is 31.5. The molecule has 3 nitrogen and oxygen atoms in total. The molecule has 0 aliphatic heterocycles. The standard InChI is InChI=1S/C61H43N3/c1-61(2)54-28-16-14-25-47(54)48-32-31-44(37-55(48)61)62(41-18-6-3-7-19-41)57-35-33-45(46-24-12-13-26-49(46)57)40-30-34-58-51(36-40)53-39-59-52(38-60(53)64(58)43-22-10-5-11-23-43)50-27-15-17-29-56(50)63(59)42-20-8-4-9-21-42/h3-39H,1-2H3. The molecule has 0 amide bonds. The number of benzene rings is 10. The predicted octanol–water partition coefficient (Wildman–Crippen LogP) is 16.5. The van der Waals surface area contributed by atoms with E-state index < -0.39 is 0 Å². The number of fused-ring (bicyclic) bond motifs is 10. The van der Waals surface area contributed by atoms with Gasteiger partial charge in [-0.25, -0.2) is 0 Å². The van der Waals surface area contributed by atoms with Gasteiger partial charge in [0.05, 0.1) is 27.8 Å². The van der Waals surface area contributed by atoms with E-state index in [1.165, 1.54) is 87.8 Å². The molecule has 0 bridgehead atoms. The zero-order valence-electron chi connectivity index (χ0n) is 35.7. The molecular formula is C61H43N3. The Labute approximate surface area is 372 Å². The highest BCUT2D eigenvalue weighted by atomic mass is 15.1. The summed E-state index contributed by atoms with van der Waals surface area (Å²) < 4.78 is 4.86. The first-order valence-electron chi connectivity index (χ1n) is 22.3. The van der Waals surface area contributed by atoms with Crippen molar-refractivity contribution in [3.8, 4) is 33.6 Å². The number of anilines is 3. The molecule has 0 fully saturated rings. The molecule has 0 unspecified atom stereocenters. The van der Waals surface area contributed by atoms with E-state index in [4.69, 9.17) is 0 Å². The van der Waals surface area contributed by atoms with Gasteiger partial charge in [0, 0.05) is 55.1 Å². The molecule has 13 rings (SSSR count). The number of aromatic nitrogens is 2. The van der Waals surface area contributed by atoms with Crippen LogP contribution in [0.3, 0.4) is 0 Å². The van der Waals surface area contributed by atoms with Crippen molar-refractivity contribution in [2.45, 2.75) is 19.3 Å². The number of para-hydroxylation sites is 4. The normalized spacial score (nSPS) is 13.0. The van der Waals surface area contributed by atoms with Gasteiger partial charge >= 0.3 is 0 Å². The maximum absolute atomic E-state index is 2.44.